The van der Waals surface area contributed by atoms with Gasteiger partial charge in [-0.25, -0.2) is 9.97 Å². The third-order valence-electron chi connectivity index (χ3n) is 6.10. The maximum absolute atomic E-state index is 6.41. The first-order valence-corrected chi connectivity index (χ1v) is 9.47. The number of fused-ring (bicyclic) bond motifs is 5. The van der Waals surface area contributed by atoms with Gasteiger partial charge in [0.2, 0.25) is 0 Å². The van der Waals surface area contributed by atoms with E-state index in [1.165, 1.54) is 22.2 Å². The zero-order valence-corrected chi connectivity index (χ0v) is 14.9. The van der Waals surface area contributed by atoms with Gasteiger partial charge in [-0.05, 0) is 30.9 Å². The van der Waals surface area contributed by atoms with Crippen LogP contribution in [0.15, 0.2) is 36.8 Å². The third kappa shape index (κ3) is 2.15. The highest BCUT2D eigenvalue weighted by molar-refractivity contribution is 5.86. The molecule has 0 unspecified atom stereocenters. The summed E-state index contributed by atoms with van der Waals surface area (Å²) < 4.78 is 6.41. The normalized spacial score (nSPS) is 19.0. The van der Waals surface area contributed by atoms with Crippen molar-refractivity contribution in [1.29, 1.82) is 0 Å². The molecule has 7 nitrogen and oxygen atoms in total. The predicted octanol–water partition coefficient (Wildman–Crippen LogP) is 2.90. The van der Waals surface area contributed by atoms with Crippen LogP contribution in [0, 0.1) is 0 Å². The number of aromatic nitrogens is 5. The number of piperidine rings is 1. The number of nitrogens with zero attached hydrogens (tertiary/aromatic N) is 4. The number of nitrogens with one attached hydrogen (secondary N) is 2. The Hall–Kier alpha value is -2.93. The minimum Gasteiger partial charge on any atom is -0.368 e. The van der Waals surface area contributed by atoms with Crippen LogP contribution in [-0.2, 0) is 16.8 Å². The highest BCUT2D eigenvalue weighted by Crippen LogP contribution is 2.44. The molecule has 27 heavy (non-hydrogen) atoms. The van der Waals surface area contributed by atoms with Crippen molar-refractivity contribution in [1.82, 2.24) is 25.1 Å². The number of ether oxygens (including phenoxy) is 1. The average molecular weight is 360 g/mol. The van der Waals surface area contributed by atoms with Gasteiger partial charge in [0, 0.05) is 24.0 Å². The molecule has 1 spiro atoms. The number of hydrogen-bond donors (Lipinski definition) is 2. The highest BCUT2D eigenvalue weighted by atomic mass is 16.5. The lowest BCUT2D eigenvalue weighted by Crippen LogP contribution is -2.47. The molecule has 3 aromatic heterocycles. The summed E-state index contributed by atoms with van der Waals surface area (Å²) >= 11 is 0. The van der Waals surface area contributed by atoms with Gasteiger partial charge < -0.3 is 14.6 Å². The number of H-pyrrole nitrogens is 2. The van der Waals surface area contributed by atoms with Crippen LogP contribution < -0.4 is 4.90 Å². The summed E-state index contributed by atoms with van der Waals surface area (Å²) in [7, 11) is 0. The van der Waals surface area contributed by atoms with Gasteiger partial charge in [-0.2, -0.15) is 5.10 Å². The van der Waals surface area contributed by atoms with Gasteiger partial charge in [-0.15, -0.1) is 0 Å². The number of anilines is 1. The van der Waals surface area contributed by atoms with Gasteiger partial charge in [-0.1, -0.05) is 18.2 Å². The first kappa shape index (κ1) is 15.2. The third-order valence-corrected chi connectivity index (χ3v) is 6.10. The largest absolute Gasteiger partial charge is 0.368 e. The Bertz CT molecular complexity index is 1140. The molecule has 0 radical (unpaired) electrons. The smallest absolute Gasteiger partial charge is 0.160 e. The summed E-state index contributed by atoms with van der Waals surface area (Å²) in [5, 5.41) is 9.35. The van der Waals surface area contributed by atoms with E-state index in [1.54, 1.807) is 6.33 Å². The fourth-order valence-corrected chi connectivity index (χ4v) is 4.75. The molecule has 5 heterocycles. The van der Waals surface area contributed by atoms with Crippen LogP contribution >= 0.6 is 0 Å². The Morgan fingerprint density at radius 1 is 1.07 bits per heavy atom. The van der Waals surface area contributed by atoms with Crippen molar-refractivity contribution in [3.63, 3.8) is 0 Å². The lowest BCUT2D eigenvalue weighted by atomic mass is 9.83. The van der Waals surface area contributed by atoms with Crippen molar-refractivity contribution in [2.45, 2.75) is 24.9 Å². The lowest BCUT2D eigenvalue weighted by Gasteiger charge is -2.44. The Morgan fingerprint density at radius 2 is 1.96 bits per heavy atom. The molecule has 0 saturated carbocycles. The van der Waals surface area contributed by atoms with Crippen molar-refractivity contribution in [3.05, 3.63) is 48.0 Å². The van der Waals surface area contributed by atoms with Crippen LogP contribution in [0.1, 0.15) is 24.1 Å². The van der Waals surface area contributed by atoms with Crippen molar-refractivity contribution < 1.29 is 4.74 Å². The van der Waals surface area contributed by atoms with E-state index < -0.39 is 0 Å². The second-order valence-corrected chi connectivity index (χ2v) is 7.43. The standard InChI is InChI=1S/C20H20N6O/c1-2-4-16-13(3-1)14-5-10-27-20(17(14)24-16)6-8-26(9-7-20)19-15-11-23-25-18(15)21-12-22-19/h1-4,11-12,24H,5-10H2,(H,21,22,23,25). The number of rotatable bonds is 1. The summed E-state index contributed by atoms with van der Waals surface area (Å²) in [4.78, 5) is 14.8. The first-order chi connectivity index (χ1) is 13.3. The molecule has 1 aromatic carbocycles. The Morgan fingerprint density at radius 3 is 2.89 bits per heavy atom. The van der Waals surface area contributed by atoms with E-state index in [-0.39, 0.29) is 5.60 Å². The van der Waals surface area contributed by atoms with E-state index in [4.69, 9.17) is 4.74 Å². The number of para-hydroxylation sites is 1. The maximum atomic E-state index is 6.41. The summed E-state index contributed by atoms with van der Waals surface area (Å²) in [5.41, 5.74) is 4.50. The summed E-state index contributed by atoms with van der Waals surface area (Å²) in [5.74, 6) is 0.955. The Balaban J connectivity index is 1.36. The van der Waals surface area contributed by atoms with Gasteiger partial charge in [0.05, 0.1) is 23.9 Å². The minimum atomic E-state index is -0.217. The molecule has 0 bridgehead atoms. The number of aromatic amines is 2. The molecule has 6 rings (SSSR count). The fourth-order valence-electron chi connectivity index (χ4n) is 4.75. The summed E-state index contributed by atoms with van der Waals surface area (Å²) in [6, 6.07) is 8.58. The molecule has 0 amide bonds. The van der Waals surface area contributed by atoms with Gasteiger partial charge in [0.1, 0.15) is 17.7 Å². The molecule has 2 aliphatic heterocycles. The average Bonchev–Trinajstić information content (AvgIpc) is 3.34. The topological polar surface area (TPSA) is 82.7 Å². The van der Waals surface area contributed by atoms with Gasteiger partial charge >= 0.3 is 0 Å². The zero-order valence-electron chi connectivity index (χ0n) is 14.9. The van der Waals surface area contributed by atoms with Crippen molar-refractivity contribution in [3.8, 4) is 0 Å². The lowest BCUT2D eigenvalue weighted by molar-refractivity contribution is -0.0790. The van der Waals surface area contributed by atoms with Crippen LogP contribution in [-0.4, -0.2) is 44.8 Å². The Kier molecular flexibility index (Phi) is 3.11. The van der Waals surface area contributed by atoms with Crippen molar-refractivity contribution >= 4 is 27.8 Å². The molecule has 2 N–H and O–H groups in total. The second kappa shape index (κ2) is 5.53. The van der Waals surface area contributed by atoms with Crippen LogP contribution in [0.25, 0.3) is 21.9 Å². The second-order valence-electron chi connectivity index (χ2n) is 7.43. The highest BCUT2D eigenvalue weighted by Gasteiger charge is 2.43. The van der Waals surface area contributed by atoms with Crippen LogP contribution in [0.2, 0.25) is 0 Å². The van der Waals surface area contributed by atoms with E-state index >= 15 is 0 Å². The molecule has 136 valence electrons. The van der Waals surface area contributed by atoms with E-state index in [2.05, 4.69) is 54.3 Å². The van der Waals surface area contributed by atoms with Crippen LogP contribution in [0.4, 0.5) is 5.82 Å². The quantitative estimate of drug-likeness (QED) is 0.545. The van der Waals surface area contributed by atoms with E-state index in [1.807, 2.05) is 6.20 Å². The zero-order chi connectivity index (χ0) is 17.8. The molecule has 1 fully saturated rings. The Labute approximate surface area is 155 Å². The molecular formula is C20H20N6O. The van der Waals surface area contributed by atoms with Crippen LogP contribution in [0.5, 0.6) is 0 Å². The van der Waals surface area contributed by atoms with Crippen LogP contribution in [0.3, 0.4) is 0 Å². The van der Waals surface area contributed by atoms with Crippen molar-refractivity contribution in [2.75, 3.05) is 24.6 Å². The fraction of sp³-hybridized carbons (Fsp3) is 0.350. The SMILES string of the molecule is c1ccc2c3c([nH]c2c1)C1(CCN(c2ncnc4[nH]ncc24)CC1)OCC3. The molecule has 1 saturated heterocycles. The van der Waals surface area contributed by atoms with Gasteiger partial charge in [-0.3, -0.25) is 5.10 Å². The molecule has 0 atom stereocenters. The summed E-state index contributed by atoms with van der Waals surface area (Å²) in [6.45, 7) is 2.58. The predicted molar refractivity (Wildman–Crippen MR) is 103 cm³/mol. The number of benzene rings is 1. The van der Waals surface area contributed by atoms with Crippen molar-refractivity contribution in [2.24, 2.45) is 0 Å². The molecule has 0 aliphatic carbocycles. The molecule has 2 aliphatic rings. The van der Waals surface area contributed by atoms with E-state index in [0.29, 0.717) is 0 Å². The van der Waals surface area contributed by atoms with Gasteiger partial charge in [0.15, 0.2) is 5.65 Å². The monoisotopic (exact) mass is 360 g/mol. The van der Waals surface area contributed by atoms with Gasteiger partial charge in [0.25, 0.3) is 0 Å². The first-order valence-electron chi connectivity index (χ1n) is 9.47. The molecule has 4 aromatic rings. The van der Waals surface area contributed by atoms with E-state index in [0.717, 1.165) is 55.8 Å². The summed E-state index contributed by atoms with van der Waals surface area (Å²) in [6.07, 6.45) is 6.27. The maximum Gasteiger partial charge on any atom is 0.160 e. The molecular weight excluding hydrogens is 340 g/mol. The molecule has 7 heteroatoms. The van der Waals surface area contributed by atoms with E-state index in [9.17, 15) is 0 Å². The number of hydrogen-bond acceptors (Lipinski definition) is 5. The minimum absolute atomic E-state index is 0.217.